The topological polar surface area (TPSA) is 71.9 Å². The summed E-state index contributed by atoms with van der Waals surface area (Å²) in [6.07, 6.45) is 3.86. The van der Waals surface area contributed by atoms with Crippen molar-refractivity contribution in [3.8, 4) is 0 Å². The molecule has 2 aliphatic rings. The fourth-order valence-corrected chi connectivity index (χ4v) is 3.31. The molecule has 6 heteroatoms. The first-order chi connectivity index (χ1) is 9.91. The normalized spacial score (nSPS) is 28.0. The number of anilines is 1. The molecule has 1 atom stereocenters. The minimum absolute atomic E-state index is 0.226. The van der Waals surface area contributed by atoms with Crippen LogP contribution in [0.3, 0.4) is 0 Å². The van der Waals surface area contributed by atoms with Crippen molar-refractivity contribution in [2.45, 2.75) is 31.5 Å². The molecule has 1 aromatic rings. The Bertz CT molecular complexity index is 552. The molecule has 1 aromatic heterocycles. The molecule has 114 valence electrons. The third kappa shape index (κ3) is 2.73. The fraction of sp³-hybridized carbons (Fsp3) is 0.600. The summed E-state index contributed by atoms with van der Waals surface area (Å²) in [5.41, 5.74) is 0.218. The van der Waals surface area contributed by atoms with E-state index in [2.05, 4.69) is 9.88 Å². The zero-order valence-electron chi connectivity index (χ0n) is 12.3. The first kappa shape index (κ1) is 14.3. The lowest BCUT2D eigenvalue weighted by Gasteiger charge is -2.49. The van der Waals surface area contributed by atoms with Gasteiger partial charge in [0, 0.05) is 38.5 Å². The van der Waals surface area contributed by atoms with Gasteiger partial charge in [0.2, 0.25) is 0 Å². The molecule has 3 rings (SSSR count). The van der Waals surface area contributed by atoms with Crippen molar-refractivity contribution >= 4 is 11.7 Å². The van der Waals surface area contributed by atoms with Crippen LogP contribution in [0.4, 0.5) is 5.69 Å². The summed E-state index contributed by atoms with van der Waals surface area (Å²) in [6, 6.07) is 1.76. The van der Waals surface area contributed by atoms with Gasteiger partial charge in [0.05, 0.1) is 17.9 Å². The van der Waals surface area contributed by atoms with E-state index in [9.17, 15) is 9.90 Å². The van der Waals surface area contributed by atoms with Gasteiger partial charge in [-0.25, -0.2) is 4.79 Å². The van der Waals surface area contributed by atoms with Gasteiger partial charge in [0.1, 0.15) is 11.2 Å². The van der Waals surface area contributed by atoms with E-state index >= 15 is 0 Å². The number of carbonyl (C=O) groups is 1. The molecule has 3 heterocycles. The Balaban J connectivity index is 1.96. The van der Waals surface area contributed by atoms with Gasteiger partial charge in [-0.15, -0.1) is 0 Å². The zero-order valence-corrected chi connectivity index (χ0v) is 12.3. The number of rotatable bonds is 2. The van der Waals surface area contributed by atoms with Gasteiger partial charge in [-0.2, -0.15) is 0 Å². The molecule has 0 amide bonds. The minimum atomic E-state index is -0.959. The molecular weight excluding hydrogens is 272 g/mol. The van der Waals surface area contributed by atoms with Crippen LogP contribution < -0.4 is 4.90 Å². The summed E-state index contributed by atoms with van der Waals surface area (Å²) in [5, 5.41) is 9.36. The Morgan fingerprint density at radius 1 is 1.43 bits per heavy atom. The Kier molecular flexibility index (Phi) is 3.37. The predicted molar refractivity (Wildman–Crippen MR) is 76.7 cm³/mol. The second-order valence-corrected chi connectivity index (χ2v) is 6.40. The molecule has 21 heavy (non-hydrogen) atoms. The van der Waals surface area contributed by atoms with E-state index in [0.717, 1.165) is 6.42 Å². The maximum absolute atomic E-state index is 11.4. The summed E-state index contributed by atoms with van der Waals surface area (Å²) < 4.78 is 11.8. The maximum atomic E-state index is 11.4. The fourth-order valence-electron chi connectivity index (χ4n) is 3.31. The Labute approximate surface area is 123 Å². The average Bonchev–Trinajstić information content (AvgIpc) is 2.84. The molecule has 1 unspecified atom stereocenters. The van der Waals surface area contributed by atoms with Crippen molar-refractivity contribution in [1.29, 1.82) is 0 Å². The van der Waals surface area contributed by atoms with Crippen LogP contribution >= 0.6 is 0 Å². The average molecular weight is 292 g/mol. The maximum Gasteiger partial charge on any atom is 0.339 e. The van der Waals surface area contributed by atoms with E-state index < -0.39 is 5.97 Å². The molecule has 0 saturated carbocycles. The molecule has 2 fully saturated rings. The second kappa shape index (κ2) is 4.96. The molecule has 2 aliphatic heterocycles. The van der Waals surface area contributed by atoms with E-state index in [1.807, 2.05) is 13.8 Å². The number of aromatic carboxylic acids is 1. The number of hydrogen-bond acceptors (Lipinski definition) is 5. The third-order valence-electron chi connectivity index (χ3n) is 3.98. The number of morpholine rings is 1. The summed E-state index contributed by atoms with van der Waals surface area (Å²) >= 11 is 0. The monoisotopic (exact) mass is 292 g/mol. The Morgan fingerprint density at radius 3 is 2.90 bits per heavy atom. The minimum Gasteiger partial charge on any atom is -0.478 e. The number of carboxylic acid groups (broad SMARTS) is 1. The van der Waals surface area contributed by atoms with Crippen molar-refractivity contribution < 1.29 is 19.4 Å². The zero-order chi connectivity index (χ0) is 15.1. The van der Waals surface area contributed by atoms with Crippen molar-refractivity contribution in [1.82, 2.24) is 4.98 Å². The van der Waals surface area contributed by atoms with E-state index in [4.69, 9.17) is 9.47 Å². The van der Waals surface area contributed by atoms with Gasteiger partial charge in [-0.05, 0) is 19.9 Å². The highest BCUT2D eigenvalue weighted by Gasteiger charge is 2.47. The van der Waals surface area contributed by atoms with Gasteiger partial charge < -0.3 is 19.5 Å². The lowest BCUT2D eigenvalue weighted by molar-refractivity contribution is -0.151. The quantitative estimate of drug-likeness (QED) is 0.892. The van der Waals surface area contributed by atoms with Crippen LogP contribution in [0.5, 0.6) is 0 Å². The van der Waals surface area contributed by atoms with Crippen LogP contribution in [0, 0.1) is 0 Å². The largest absolute Gasteiger partial charge is 0.478 e. The highest BCUT2D eigenvalue weighted by atomic mass is 16.6. The SMILES string of the molecule is CC1(C)CN(c2ccncc2C(=O)O)CC2(CCOC2)O1. The number of carboxylic acids is 1. The summed E-state index contributed by atoms with van der Waals surface area (Å²) in [5.74, 6) is -0.959. The van der Waals surface area contributed by atoms with Crippen LogP contribution in [-0.4, -0.2) is 53.6 Å². The van der Waals surface area contributed by atoms with E-state index in [1.165, 1.54) is 6.20 Å². The van der Waals surface area contributed by atoms with E-state index in [0.29, 0.717) is 32.0 Å². The highest BCUT2D eigenvalue weighted by molar-refractivity contribution is 5.94. The van der Waals surface area contributed by atoms with Crippen molar-refractivity contribution in [3.63, 3.8) is 0 Å². The highest BCUT2D eigenvalue weighted by Crippen LogP contribution is 2.37. The van der Waals surface area contributed by atoms with Gasteiger partial charge in [-0.1, -0.05) is 0 Å². The lowest BCUT2D eigenvalue weighted by Crippen LogP contribution is -2.60. The van der Waals surface area contributed by atoms with Gasteiger partial charge in [-0.3, -0.25) is 4.98 Å². The number of ether oxygens (including phenoxy) is 2. The number of hydrogen-bond donors (Lipinski definition) is 1. The number of aromatic nitrogens is 1. The van der Waals surface area contributed by atoms with Crippen LogP contribution in [-0.2, 0) is 9.47 Å². The first-order valence-corrected chi connectivity index (χ1v) is 7.11. The van der Waals surface area contributed by atoms with Crippen molar-refractivity contribution in [2.75, 3.05) is 31.2 Å². The second-order valence-electron chi connectivity index (χ2n) is 6.40. The molecule has 0 radical (unpaired) electrons. The van der Waals surface area contributed by atoms with E-state index in [-0.39, 0.29) is 16.8 Å². The predicted octanol–water partition coefficient (Wildman–Crippen LogP) is 1.55. The van der Waals surface area contributed by atoms with Gasteiger partial charge >= 0.3 is 5.97 Å². The summed E-state index contributed by atoms with van der Waals surface area (Å²) in [7, 11) is 0. The summed E-state index contributed by atoms with van der Waals surface area (Å²) in [6.45, 7) is 6.58. The Morgan fingerprint density at radius 2 is 2.24 bits per heavy atom. The van der Waals surface area contributed by atoms with Crippen LogP contribution in [0.25, 0.3) is 0 Å². The van der Waals surface area contributed by atoms with Crippen LogP contribution in [0.1, 0.15) is 30.6 Å². The van der Waals surface area contributed by atoms with E-state index in [1.54, 1.807) is 12.3 Å². The summed E-state index contributed by atoms with van der Waals surface area (Å²) in [4.78, 5) is 17.4. The molecule has 0 aromatic carbocycles. The first-order valence-electron chi connectivity index (χ1n) is 7.11. The Hall–Kier alpha value is -1.66. The molecule has 1 N–H and O–H groups in total. The molecule has 1 spiro atoms. The number of nitrogens with zero attached hydrogens (tertiary/aromatic N) is 2. The number of pyridine rings is 1. The van der Waals surface area contributed by atoms with Gasteiger partial charge in [0.15, 0.2) is 0 Å². The lowest BCUT2D eigenvalue weighted by atomic mass is 9.94. The van der Waals surface area contributed by atoms with Gasteiger partial charge in [0.25, 0.3) is 0 Å². The molecule has 2 saturated heterocycles. The van der Waals surface area contributed by atoms with Crippen LogP contribution in [0.15, 0.2) is 18.5 Å². The standard InChI is InChI=1S/C15H20N2O4/c1-14(2)8-17(9-15(21-14)4-6-20-10-15)12-3-5-16-7-11(12)13(18)19/h3,5,7H,4,6,8-10H2,1-2H3,(H,18,19). The third-order valence-corrected chi connectivity index (χ3v) is 3.98. The van der Waals surface area contributed by atoms with Crippen molar-refractivity contribution in [2.24, 2.45) is 0 Å². The van der Waals surface area contributed by atoms with Crippen molar-refractivity contribution in [3.05, 3.63) is 24.0 Å². The molecular formula is C15H20N2O4. The molecule has 0 bridgehead atoms. The van der Waals surface area contributed by atoms with Crippen LogP contribution in [0.2, 0.25) is 0 Å². The smallest absolute Gasteiger partial charge is 0.339 e. The molecule has 6 nitrogen and oxygen atoms in total. The molecule has 0 aliphatic carbocycles.